The molecular weight excluding hydrogens is 390 g/mol. The molecule has 1 aliphatic rings. The number of nitrogens with zero attached hydrogens (tertiary/aromatic N) is 1. The van der Waals surface area contributed by atoms with E-state index >= 15 is 0 Å². The normalized spacial score (nSPS) is 17.9. The van der Waals surface area contributed by atoms with E-state index in [0.717, 1.165) is 16.7 Å². The molecule has 0 aromatic heterocycles. The van der Waals surface area contributed by atoms with Gasteiger partial charge in [0.1, 0.15) is 16.1 Å². The van der Waals surface area contributed by atoms with Crippen molar-refractivity contribution in [1.29, 1.82) is 0 Å². The van der Waals surface area contributed by atoms with Crippen molar-refractivity contribution >= 4 is 52.2 Å². The second-order valence-corrected chi connectivity index (χ2v) is 7.54. The fourth-order valence-corrected chi connectivity index (χ4v) is 3.83. The Labute approximate surface area is 166 Å². The van der Waals surface area contributed by atoms with Crippen molar-refractivity contribution in [3.63, 3.8) is 0 Å². The highest BCUT2D eigenvalue weighted by molar-refractivity contribution is 8.26. The van der Waals surface area contributed by atoms with Crippen LogP contribution in [0.15, 0.2) is 29.2 Å². The third-order valence-electron chi connectivity index (χ3n) is 3.80. The average Bonchev–Trinajstić information content (AvgIpc) is 2.86. The number of thiocarbonyl (C=S) groups is 1. The summed E-state index contributed by atoms with van der Waals surface area (Å²) < 4.78 is 5.52. The maximum atomic E-state index is 12.7. The van der Waals surface area contributed by atoms with Crippen LogP contribution in [0, 0.1) is 0 Å². The molecule has 2 unspecified atom stereocenters. The fraction of sp³-hybridized carbons (Fsp3) is 0.333. The van der Waals surface area contributed by atoms with Crippen LogP contribution in [0.1, 0.15) is 32.3 Å². The molecule has 1 fully saturated rings. The van der Waals surface area contributed by atoms with E-state index in [-0.39, 0.29) is 4.32 Å². The number of amides is 1. The molecule has 0 spiro atoms. The largest absolute Gasteiger partial charge is 0.480 e. The van der Waals surface area contributed by atoms with Crippen LogP contribution in [0.25, 0.3) is 6.08 Å². The van der Waals surface area contributed by atoms with Crippen LogP contribution < -0.4 is 4.74 Å². The molecule has 0 saturated carbocycles. The molecular formula is C18H19NO6S2. The van der Waals surface area contributed by atoms with Gasteiger partial charge in [-0.3, -0.25) is 9.69 Å². The summed E-state index contributed by atoms with van der Waals surface area (Å²) in [6.45, 7) is 3.26. The number of carbonyl (C=O) groups excluding carboxylic acids is 1. The smallest absolute Gasteiger partial charge is 0.344 e. The Morgan fingerprint density at radius 3 is 2.63 bits per heavy atom. The topological polar surface area (TPSA) is 104 Å². The van der Waals surface area contributed by atoms with Crippen molar-refractivity contribution in [1.82, 2.24) is 4.90 Å². The number of rotatable bonds is 8. The van der Waals surface area contributed by atoms with Crippen molar-refractivity contribution in [3.05, 3.63) is 34.7 Å². The van der Waals surface area contributed by atoms with Crippen LogP contribution in [0.2, 0.25) is 0 Å². The minimum absolute atomic E-state index is 0.207. The van der Waals surface area contributed by atoms with E-state index < -0.39 is 30.0 Å². The van der Waals surface area contributed by atoms with Crippen molar-refractivity contribution in [2.45, 2.75) is 38.8 Å². The van der Waals surface area contributed by atoms with Crippen LogP contribution in [-0.2, 0) is 14.4 Å². The molecule has 7 nitrogen and oxygen atoms in total. The molecule has 2 rings (SSSR count). The third kappa shape index (κ3) is 5.08. The highest BCUT2D eigenvalue weighted by atomic mass is 32.2. The van der Waals surface area contributed by atoms with E-state index in [4.69, 9.17) is 22.1 Å². The Bertz CT molecular complexity index is 807. The van der Waals surface area contributed by atoms with Gasteiger partial charge in [0.05, 0.1) is 4.91 Å². The van der Waals surface area contributed by atoms with Crippen LogP contribution in [0.5, 0.6) is 5.75 Å². The lowest BCUT2D eigenvalue weighted by molar-refractivity contribution is -0.145. The molecule has 1 aromatic carbocycles. The molecule has 144 valence electrons. The first-order valence-corrected chi connectivity index (χ1v) is 9.46. The van der Waals surface area contributed by atoms with E-state index in [2.05, 4.69) is 0 Å². The number of ether oxygens (including phenoxy) is 1. The molecule has 1 aromatic rings. The summed E-state index contributed by atoms with van der Waals surface area (Å²) >= 11 is 6.25. The van der Waals surface area contributed by atoms with Gasteiger partial charge in [0, 0.05) is 0 Å². The van der Waals surface area contributed by atoms with Crippen molar-refractivity contribution in [2.24, 2.45) is 0 Å². The van der Waals surface area contributed by atoms with Gasteiger partial charge in [-0.05, 0) is 37.1 Å². The van der Waals surface area contributed by atoms with Crippen LogP contribution in [-0.4, -0.2) is 49.4 Å². The Morgan fingerprint density at radius 1 is 1.33 bits per heavy atom. The number of aliphatic carboxylic acids is 2. The van der Waals surface area contributed by atoms with Gasteiger partial charge in [0.15, 0.2) is 6.10 Å². The Morgan fingerprint density at radius 2 is 2.04 bits per heavy atom. The summed E-state index contributed by atoms with van der Waals surface area (Å²) in [5, 5.41) is 18.3. The predicted octanol–water partition coefficient (Wildman–Crippen LogP) is 2.99. The van der Waals surface area contributed by atoms with Gasteiger partial charge in [-0.15, -0.1) is 0 Å². The summed E-state index contributed by atoms with van der Waals surface area (Å²) in [4.78, 5) is 36.5. The number of hydrogen-bond donors (Lipinski definition) is 2. The first kappa shape index (κ1) is 20.9. The quantitative estimate of drug-likeness (QED) is 0.499. The molecule has 1 amide bonds. The zero-order chi connectivity index (χ0) is 20.1. The second-order valence-electron chi connectivity index (χ2n) is 5.87. The van der Waals surface area contributed by atoms with Gasteiger partial charge < -0.3 is 14.9 Å². The van der Waals surface area contributed by atoms with Gasteiger partial charge >= 0.3 is 11.9 Å². The standard InChI is InChI=1S/C18H19NO6S2/c1-3-5-13(17(23)24)19-15(20)14(27-18(19)26)9-11-6-4-7-12(8-11)25-10(2)16(21)22/h4,6-10,13H,3,5H2,1-2H3,(H,21,22)(H,23,24)/b14-9-. The van der Waals surface area contributed by atoms with Crippen molar-refractivity contribution < 1.29 is 29.3 Å². The zero-order valence-corrected chi connectivity index (χ0v) is 16.4. The number of benzene rings is 1. The van der Waals surface area contributed by atoms with Gasteiger partial charge in [-0.25, -0.2) is 9.59 Å². The van der Waals surface area contributed by atoms with Gasteiger partial charge in [0.25, 0.3) is 5.91 Å². The number of carboxylic acid groups (broad SMARTS) is 2. The maximum absolute atomic E-state index is 12.7. The lowest BCUT2D eigenvalue weighted by atomic mass is 10.1. The summed E-state index contributed by atoms with van der Waals surface area (Å²) in [5.74, 6) is -2.27. The van der Waals surface area contributed by atoms with Gasteiger partial charge in [0.2, 0.25) is 0 Å². The van der Waals surface area contributed by atoms with E-state index in [1.165, 1.54) is 6.92 Å². The van der Waals surface area contributed by atoms with E-state index in [9.17, 15) is 19.5 Å². The maximum Gasteiger partial charge on any atom is 0.344 e. The highest BCUT2D eigenvalue weighted by Crippen LogP contribution is 2.35. The SMILES string of the molecule is CCCC(C(=O)O)N1C(=O)/C(=C/c2cccc(OC(C)C(=O)O)c2)SC1=S. The molecule has 1 saturated heterocycles. The first-order chi connectivity index (χ1) is 12.7. The summed E-state index contributed by atoms with van der Waals surface area (Å²) in [6.07, 6.45) is 1.49. The second kappa shape index (κ2) is 9.01. The summed E-state index contributed by atoms with van der Waals surface area (Å²) in [5.41, 5.74) is 0.618. The third-order valence-corrected chi connectivity index (χ3v) is 5.13. The number of carbonyl (C=O) groups is 3. The number of thioether (sulfide) groups is 1. The lowest BCUT2D eigenvalue weighted by Gasteiger charge is -2.22. The molecule has 0 bridgehead atoms. The molecule has 2 atom stereocenters. The molecule has 9 heteroatoms. The fourth-order valence-electron chi connectivity index (χ4n) is 2.47. The van der Waals surface area contributed by atoms with E-state index in [1.54, 1.807) is 30.3 Å². The first-order valence-electron chi connectivity index (χ1n) is 8.24. The number of carboxylic acids is 2. The molecule has 0 radical (unpaired) electrons. The Balaban J connectivity index is 2.25. The monoisotopic (exact) mass is 409 g/mol. The van der Waals surface area contributed by atoms with E-state index in [0.29, 0.717) is 29.1 Å². The van der Waals surface area contributed by atoms with Crippen molar-refractivity contribution in [2.75, 3.05) is 0 Å². The lowest BCUT2D eigenvalue weighted by Crippen LogP contribution is -2.43. The minimum atomic E-state index is -1.09. The zero-order valence-electron chi connectivity index (χ0n) is 14.7. The minimum Gasteiger partial charge on any atom is -0.480 e. The van der Waals surface area contributed by atoms with Crippen LogP contribution in [0.3, 0.4) is 0 Å². The average molecular weight is 409 g/mol. The van der Waals surface area contributed by atoms with Crippen molar-refractivity contribution in [3.8, 4) is 5.75 Å². The molecule has 1 heterocycles. The Kier molecular flexibility index (Phi) is 6.98. The summed E-state index contributed by atoms with van der Waals surface area (Å²) in [7, 11) is 0. The molecule has 1 aliphatic heterocycles. The molecule has 2 N–H and O–H groups in total. The summed E-state index contributed by atoms with van der Waals surface area (Å²) in [6, 6.07) is 5.63. The van der Waals surface area contributed by atoms with E-state index in [1.807, 2.05) is 6.92 Å². The highest BCUT2D eigenvalue weighted by Gasteiger charge is 2.39. The molecule has 27 heavy (non-hydrogen) atoms. The predicted molar refractivity (Wildman–Crippen MR) is 106 cm³/mol. The Hall–Kier alpha value is -2.39. The number of hydrogen-bond acceptors (Lipinski definition) is 6. The van der Waals surface area contributed by atoms with Crippen LogP contribution in [0.4, 0.5) is 0 Å². The van der Waals surface area contributed by atoms with Crippen LogP contribution >= 0.6 is 24.0 Å². The van der Waals surface area contributed by atoms with Gasteiger partial charge in [-0.2, -0.15) is 0 Å². The molecule has 0 aliphatic carbocycles. The van der Waals surface area contributed by atoms with Gasteiger partial charge in [-0.1, -0.05) is 49.5 Å².